The number of aromatic nitrogens is 4. The van der Waals surface area contributed by atoms with E-state index in [1.807, 2.05) is 32.0 Å². The number of hydrogen-bond acceptors (Lipinski definition) is 4. The van der Waals surface area contributed by atoms with Crippen molar-refractivity contribution in [3.63, 3.8) is 0 Å². The van der Waals surface area contributed by atoms with Gasteiger partial charge in [0.25, 0.3) is 5.82 Å². The minimum atomic E-state index is -4.56. The van der Waals surface area contributed by atoms with E-state index in [9.17, 15) is 13.2 Å². The number of fused-ring (bicyclic) bond motifs is 1. The smallest absolute Gasteiger partial charge is 0.178 e. The molecule has 0 saturated carbocycles. The zero-order valence-electron chi connectivity index (χ0n) is 10.6. The first-order chi connectivity index (χ1) is 9.36. The molecule has 1 aromatic carbocycles. The summed E-state index contributed by atoms with van der Waals surface area (Å²) in [5, 5.41) is 11.2. The van der Waals surface area contributed by atoms with Crippen LogP contribution in [0.25, 0.3) is 15.5 Å². The summed E-state index contributed by atoms with van der Waals surface area (Å²) in [6.07, 6.45) is -4.56. The molecule has 0 aliphatic carbocycles. The first-order valence-corrected chi connectivity index (χ1v) is 6.55. The molecule has 0 aliphatic heterocycles. The van der Waals surface area contributed by atoms with Crippen LogP contribution in [0.3, 0.4) is 0 Å². The summed E-state index contributed by atoms with van der Waals surface area (Å²) >= 11 is 1.09. The molecule has 2 aromatic heterocycles. The highest BCUT2D eigenvalue weighted by Crippen LogP contribution is 2.32. The molecule has 0 unspecified atom stereocenters. The molecule has 0 aliphatic rings. The highest BCUT2D eigenvalue weighted by atomic mass is 32.1. The number of nitrogens with zero attached hydrogens (tertiary/aromatic N) is 4. The second-order valence-electron chi connectivity index (χ2n) is 4.44. The van der Waals surface area contributed by atoms with Crippen molar-refractivity contribution < 1.29 is 13.2 Å². The zero-order chi connectivity index (χ0) is 14.5. The molecule has 3 aromatic rings. The van der Waals surface area contributed by atoms with E-state index < -0.39 is 12.0 Å². The molecule has 0 spiro atoms. The van der Waals surface area contributed by atoms with Crippen LogP contribution in [-0.2, 0) is 6.18 Å². The van der Waals surface area contributed by atoms with Gasteiger partial charge in [0.1, 0.15) is 5.01 Å². The van der Waals surface area contributed by atoms with Crippen LogP contribution < -0.4 is 0 Å². The molecule has 0 bridgehead atoms. The summed E-state index contributed by atoms with van der Waals surface area (Å²) < 4.78 is 39.0. The Bertz CT molecular complexity index is 788. The molecule has 0 N–H and O–H groups in total. The average Bonchev–Trinajstić information content (AvgIpc) is 2.89. The molecule has 2 heterocycles. The van der Waals surface area contributed by atoms with Gasteiger partial charge < -0.3 is 0 Å². The normalized spacial score (nSPS) is 12.2. The number of benzene rings is 1. The molecule has 8 heteroatoms. The summed E-state index contributed by atoms with van der Waals surface area (Å²) in [7, 11) is 0. The Morgan fingerprint density at radius 1 is 1.15 bits per heavy atom. The highest BCUT2D eigenvalue weighted by Gasteiger charge is 2.38. The Balaban J connectivity index is 2.19. The second kappa shape index (κ2) is 4.27. The van der Waals surface area contributed by atoms with Crippen LogP contribution in [0, 0.1) is 13.8 Å². The summed E-state index contributed by atoms with van der Waals surface area (Å²) in [6.45, 7) is 3.81. The van der Waals surface area contributed by atoms with Gasteiger partial charge in [0, 0.05) is 5.56 Å². The monoisotopic (exact) mass is 298 g/mol. The third-order valence-corrected chi connectivity index (χ3v) is 3.80. The fourth-order valence-corrected chi connectivity index (χ4v) is 2.79. The van der Waals surface area contributed by atoms with Crippen LogP contribution in [0.15, 0.2) is 18.2 Å². The molecule has 104 valence electrons. The van der Waals surface area contributed by atoms with Gasteiger partial charge in [-0.2, -0.15) is 22.8 Å². The lowest BCUT2D eigenvalue weighted by atomic mass is 10.1. The third kappa shape index (κ3) is 2.05. The van der Waals surface area contributed by atoms with Crippen molar-refractivity contribution >= 4 is 16.3 Å². The van der Waals surface area contributed by atoms with Gasteiger partial charge >= 0.3 is 6.18 Å². The Hall–Kier alpha value is -1.96. The molecule has 0 fully saturated rings. The topological polar surface area (TPSA) is 43.1 Å². The van der Waals surface area contributed by atoms with E-state index >= 15 is 0 Å². The maximum absolute atomic E-state index is 12.7. The van der Waals surface area contributed by atoms with Crippen molar-refractivity contribution in [3.8, 4) is 10.6 Å². The van der Waals surface area contributed by atoms with E-state index in [1.165, 1.54) is 0 Å². The maximum Gasteiger partial charge on any atom is 0.453 e. The number of halogens is 3. The van der Waals surface area contributed by atoms with Crippen molar-refractivity contribution in [1.29, 1.82) is 0 Å². The van der Waals surface area contributed by atoms with E-state index in [-0.39, 0.29) is 4.96 Å². The molecule has 20 heavy (non-hydrogen) atoms. The standard InChI is InChI=1S/C12H9F3N4S/c1-6-3-4-7(2)8(5-6)9-18-19-10(12(13,14)15)16-17-11(19)20-9/h3-5H,1-2H3. The Morgan fingerprint density at radius 2 is 1.90 bits per heavy atom. The quantitative estimate of drug-likeness (QED) is 0.690. The first kappa shape index (κ1) is 13.0. The van der Waals surface area contributed by atoms with Crippen LogP contribution in [0.1, 0.15) is 17.0 Å². The van der Waals surface area contributed by atoms with Crippen molar-refractivity contribution in [2.45, 2.75) is 20.0 Å². The van der Waals surface area contributed by atoms with E-state index in [2.05, 4.69) is 15.3 Å². The molecular weight excluding hydrogens is 289 g/mol. The Labute approximate surface area is 115 Å². The summed E-state index contributed by atoms with van der Waals surface area (Å²) in [5.74, 6) is -1.10. The van der Waals surface area contributed by atoms with Gasteiger partial charge in [-0.15, -0.1) is 10.2 Å². The van der Waals surface area contributed by atoms with Crippen LogP contribution in [0.4, 0.5) is 13.2 Å². The van der Waals surface area contributed by atoms with Crippen molar-refractivity contribution in [2.24, 2.45) is 0 Å². The molecule has 0 saturated heterocycles. The molecule has 4 nitrogen and oxygen atoms in total. The average molecular weight is 298 g/mol. The molecule has 0 amide bonds. The largest absolute Gasteiger partial charge is 0.453 e. The minimum absolute atomic E-state index is 0.133. The second-order valence-corrected chi connectivity index (χ2v) is 5.40. The molecule has 0 atom stereocenters. The van der Waals surface area contributed by atoms with Crippen LogP contribution in [-0.4, -0.2) is 19.8 Å². The van der Waals surface area contributed by atoms with E-state index in [0.29, 0.717) is 5.01 Å². The number of rotatable bonds is 1. The third-order valence-electron chi connectivity index (χ3n) is 2.87. The van der Waals surface area contributed by atoms with Gasteiger partial charge in [0.15, 0.2) is 0 Å². The highest BCUT2D eigenvalue weighted by molar-refractivity contribution is 7.19. The van der Waals surface area contributed by atoms with E-state index in [1.54, 1.807) is 0 Å². The van der Waals surface area contributed by atoms with Crippen LogP contribution >= 0.6 is 11.3 Å². The van der Waals surface area contributed by atoms with Gasteiger partial charge in [-0.1, -0.05) is 29.0 Å². The van der Waals surface area contributed by atoms with Gasteiger partial charge in [-0.3, -0.25) is 0 Å². The minimum Gasteiger partial charge on any atom is -0.178 e. The van der Waals surface area contributed by atoms with Crippen molar-refractivity contribution in [1.82, 2.24) is 19.8 Å². The van der Waals surface area contributed by atoms with Crippen LogP contribution in [0.2, 0.25) is 0 Å². The predicted molar refractivity (Wildman–Crippen MR) is 68.6 cm³/mol. The first-order valence-electron chi connectivity index (χ1n) is 5.73. The SMILES string of the molecule is Cc1ccc(C)c(-c2nn3c(C(F)(F)F)nnc3s2)c1. The molecule has 0 radical (unpaired) electrons. The van der Waals surface area contributed by atoms with Gasteiger partial charge in [-0.05, 0) is 25.5 Å². The summed E-state index contributed by atoms with van der Waals surface area (Å²) in [6, 6.07) is 5.76. The van der Waals surface area contributed by atoms with Crippen LogP contribution in [0.5, 0.6) is 0 Å². The van der Waals surface area contributed by atoms with Gasteiger partial charge in [0.05, 0.1) is 0 Å². The lowest BCUT2D eigenvalue weighted by molar-refractivity contribution is -0.146. The Morgan fingerprint density at radius 3 is 2.60 bits per heavy atom. The lowest BCUT2D eigenvalue weighted by Gasteiger charge is -2.03. The van der Waals surface area contributed by atoms with Gasteiger partial charge in [0.2, 0.25) is 4.96 Å². The lowest BCUT2D eigenvalue weighted by Crippen LogP contribution is -2.11. The molecule has 3 rings (SSSR count). The van der Waals surface area contributed by atoms with Crippen molar-refractivity contribution in [2.75, 3.05) is 0 Å². The van der Waals surface area contributed by atoms with E-state index in [4.69, 9.17) is 0 Å². The zero-order valence-corrected chi connectivity index (χ0v) is 11.4. The number of hydrogen-bond donors (Lipinski definition) is 0. The fourth-order valence-electron chi connectivity index (χ4n) is 1.87. The van der Waals surface area contributed by atoms with E-state index in [0.717, 1.165) is 32.5 Å². The fraction of sp³-hybridized carbons (Fsp3) is 0.250. The predicted octanol–water partition coefficient (Wildman–Crippen LogP) is 3.49. The maximum atomic E-state index is 12.7. The summed E-state index contributed by atoms with van der Waals surface area (Å²) in [4.78, 5) is 0.133. The molecular formula is C12H9F3N4S. The number of aryl methyl sites for hydroxylation is 2. The Kier molecular flexibility index (Phi) is 2.79. The van der Waals surface area contributed by atoms with Crippen molar-refractivity contribution in [3.05, 3.63) is 35.2 Å². The number of alkyl halides is 3. The summed E-state index contributed by atoms with van der Waals surface area (Å²) in [5.41, 5.74) is 2.79. The van der Waals surface area contributed by atoms with Gasteiger partial charge in [-0.25, -0.2) is 0 Å².